The number of rotatable bonds is 4. The second-order valence-electron chi connectivity index (χ2n) is 7.25. The van der Waals surface area contributed by atoms with Crippen LogP contribution in [-0.4, -0.2) is 30.2 Å². The highest BCUT2D eigenvalue weighted by Gasteiger charge is 2.28. The van der Waals surface area contributed by atoms with Crippen molar-refractivity contribution in [3.8, 4) is 5.69 Å². The van der Waals surface area contributed by atoms with E-state index in [2.05, 4.69) is 15.4 Å². The number of carbonyl (C=O) groups is 1. The van der Waals surface area contributed by atoms with Crippen molar-refractivity contribution in [3.05, 3.63) is 66.0 Å². The maximum Gasteiger partial charge on any atom is 0.256 e. The van der Waals surface area contributed by atoms with E-state index < -0.39 is 0 Å². The number of anilines is 1. The molecule has 0 saturated heterocycles. The normalized spacial score (nSPS) is 13.8. The Morgan fingerprint density at radius 2 is 2.00 bits per heavy atom. The van der Waals surface area contributed by atoms with E-state index in [1.54, 1.807) is 17.2 Å². The maximum atomic E-state index is 13.1. The predicted octanol–water partition coefficient (Wildman–Crippen LogP) is 3.59. The summed E-state index contributed by atoms with van der Waals surface area (Å²) >= 11 is 0. The molecule has 1 aromatic carbocycles. The van der Waals surface area contributed by atoms with E-state index in [1.807, 2.05) is 55.1 Å². The Labute approximate surface area is 162 Å². The molecular weight excluding hydrogens is 352 g/mol. The second-order valence-corrected chi connectivity index (χ2v) is 7.25. The SMILES string of the molecule is Cc1nn(C)c2nc(C3CC3)cc(C(=O)Nc3ccc(-n4ccnc4)cc3)c12. The van der Waals surface area contributed by atoms with Crippen molar-refractivity contribution in [2.75, 3.05) is 5.32 Å². The number of aromatic nitrogens is 5. The van der Waals surface area contributed by atoms with E-state index in [9.17, 15) is 4.79 Å². The van der Waals surface area contributed by atoms with Crippen molar-refractivity contribution < 1.29 is 4.79 Å². The Bertz CT molecular complexity index is 1170. The maximum absolute atomic E-state index is 13.1. The van der Waals surface area contributed by atoms with Crippen LogP contribution in [0.3, 0.4) is 0 Å². The molecule has 1 saturated carbocycles. The summed E-state index contributed by atoms with van der Waals surface area (Å²) in [5.41, 5.74) is 4.93. The van der Waals surface area contributed by atoms with Crippen LogP contribution in [0.5, 0.6) is 0 Å². The van der Waals surface area contributed by atoms with Crippen molar-refractivity contribution >= 4 is 22.6 Å². The van der Waals surface area contributed by atoms with Gasteiger partial charge >= 0.3 is 0 Å². The van der Waals surface area contributed by atoms with Gasteiger partial charge in [0.15, 0.2) is 5.65 Å². The zero-order valence-corrected chi connectivity index (χ0v) is 15.8. The Morgan fingerprint density at radius 3 is 2.68 bits per heavy atom. The lowest BCUT2D eigenvalue weighted by atomic mass is 10.1. The average Bonchev–Trinajstić information content (AvgIpc) is 3.33. The van der Waals surface area contributed by atoms with Gasteiger partial charge < -0.3 is 9.88 Å². The van der Waals surface area contributed by atoms with Crippen LogP contribution in [0, 0.1) is 6.92 Å². The van der Waals surface area contributed by atoms with Crippen molar-refractivity contribution in [3.63, 3.8) is 0 Å². The van der Waals surface area contributed by atoms with E-state index in [0.29, 0.717) is 11.5 Å². The molecule has 140 valence electrons. The number of aryl methyl sites for hydroxylation is 2. The minimum atomic E-state index is -0.138. The number of nitrogens with one attached hydrogen (secondary N) is 1. The molecule has 5 rings (SSSR count). The Balaban J connectivity index is 1.49. The number of carbonyl (C=O) groups excluding carboxylic acids is 1. The molecule has 0 aliphatic heterocycles. The fourth-order valence-electron chi connectivity index (χ4n) is 3.56. The molecule has 7 nitrogen and oxygen atoms in total. The summed E-state index contributed by atoms with van der Waals surface area (Å²) in [4.78, 5) is 21.9. The van der Waals surface area contributed by atoms with Crippen LogP contribution >= 0.6 is 0 Å². The minimum absolute atomic E-state index is 0.138. The molecule has 1 N–H and O–H groups in total. The Morgan fingerprint density at radius 1 is 1.21 bits per heavy atom. The quantitative estimate of drug-likeness (QED) is 0.594. The van der Waals surface area contributed by atoms with Gasteiger partial charge in [0.1, 0.15) is 0 Å². The molecule has 4 aromatic rings. The summed E-state index contributed by atoms with van der Waals surface area (Å²) in [5.74, 6) is 0.321. The van der Waals surface area contributed by atoms with Gasteiger partial charge in [-0.2, -0.15) is 5.10 Å². The average molecular weight is 372 g/mol. The number of hydrogen-bond acceptors (Lipinski definition) is 4. The largest absolute Gasteiger partial charge is 0.322 e. The van der Waals surface area contributed by atoms with Gasteiger partial charge in [0.2, 0.25) is 0 Å². The number of benzene rings is 1. The van der Waals surface area contributed by atoms with Gasteiger partial charge in [-0.25, -0.2) is 9.97 Å². The number of nitrogens with zero attached hydrogens (tertiary/aromatic N) is 5. The van der Waals surface area contributed by atoms with Crippen molar-refractivity contribution in [1.82, 2.24) is 24.3 Å². The summed E-state index contributed by atoms with van der Waals surface area (Å²) in [5, 5.41) is 8.30. The smallest absolute Gasteiger partial charge is 0.256 e. The van der Waals surface area contributed by atoms with E-state index >= 15 is 0 Å². The number of imidazole rings is 1. The molecule has 1 fully saturated rings. The molecule has 0 radical (unpaired) electrons. The molecule has 28 heavy (non-hydrogen) atoms. The Kier molecular flexibility index (Phi) is 3.75. The lowest BCUT2D eigenvalue weighted by Gasteiger charge is -2.10. The van der Waals surface area contributed by atoms with Crippen LogP contribution in [0.4, 0.5) is 5.69 Å². The Hall–Kier alpha value is -3.48. The lowest BCUT2D eigenvalue weighted by Crippen LogP contribution is -2.13. The van der Waals surface area contributed by atoms with Gasteiger partial charge in [-0.05, 0) is 50.1 Å². The highest BCUT2D eigenvalue weighted by molar-refractivity contribution is 6.12. The fourth-order valence-corrected chi connectivity index (χ4v) is 3.56. The van der Waals surface area contributed by atoms with E-state index in [1.165, 1.54) is 0 Å². The summed E-state index contributed by atoms with van der Waals surface area (Å²) < 4.78 is 3.67. The number of hydrogen-bond donors (Lipinski definition) is 1. The summed E-state index contributed by atoms with van der Waals surface area (Å²) in [6, 6.07) is 9.62. The van der Waals surface area contributed by atoms with E-state index in [4.69, 9.17) is 4.98 Å². The zero-order valence-electron chi connectivity index (χ0n) is 15.8. The predicted molar refractivity (Wildman–Crippen MR) is 107 cm³/mol. The topological polar surface area (TPSA) is 77.6 Å². The second kappa shape index (κ2) is 6.30. The highest BCUT2D eigenvalue weighted by Crippen LogP contribution is 2.40. The third kappa shape index (κ3) is 2.85. The van der Waals surface area contributed by atoms with Crippen molar-refractivity contribution in [2.24, 2.45) is 7.05 Å². The molecule has 0 unspecified atom stereocenters. The number of fused-ring (bicyclic) bond motifs is 1. The molecule has 0 spiro atoms. The zero-order chi connectivity index (χ0) is 19.3. The first-order valence-corrected chi connectivity index (χ1v) is 9.34. The minimum Gasteiger partial charge on any atom is -0.322 e. The molecule has 3 heterocycles. The fraction of sp³-hybridized carbons (Fsp3) is 0.238. The molecule has 3 aromatic heterocycles. The molecule has 0 atom stereocenters. The van der Waals surface area contributed by atoms with E-state index in [-0.39, 0.29) is 5.91 Å². The van der Waals surface area contributed by atoms with Crippen molar-refractivity contribution in [2.45, 2.75) is 25.7 Å². The van der Waals surface area contributed by atoms with E-state index in [0.717, 1.165) is 46.6 Å². The number of amides is 1. The lowest BCUT2D eigenvalue weighted by molar-refractivity contribution is 0.102. The van der Waals surface area contributed by atoms with Gasteiger partial charge in [0.25, 0.3) is 5.91 Å². The monoisotopic (exact) mass is 372 g/mol. The molecule has 1 aliphatic rings. The summed E-state index contributed by atoms with van der Waals surface area (Å²) in [6.07, 6.45) is 7.62. The summed E-state index contributed by atoms with van der Waals surface area (Å²) in [7, 11) is 1.87. The third-order valence-corrected chi connectivity index (χ3v) is 5.16. The van der Waals surface area contributed by atoms with Crippen LogP contribution in [0.25, 0.3) is 16.7 Å². The van der Waals surface area contributed by atoms with Gasteiger partial charge in [0.05, 0.1) is 23.0 Å². The highest BCUT2D eigenvalue weighted by atomic mass is 16.1. The van der Waals surface area contributed by atoms with Crippen molar-refractivity contribution in [1.29, 1.82) is 0 Å². The molecule has 0 bridgehead atoms. The van der Waals surface area contributed by atoms with Crippen LogP contribution in [-0.2, 0) is 7.05 Å². The standard InChI is InChI=1S/C21H20N6O/c1-13-19-17(11-18(14-3-4-14)24-20(19)26(2)25-13)21(28)23-15-5-7-16(8-6-15)27-10-9-22-12-27/h5-12,14H,3-4H2,1-2H3,(H,23,28). The molecule has 1 amide bonds. The first-order chi connectivity index (χ1) is 13.6. The first kappa shape index (κ1) is 16.7. The molecular formula is C21H20N6O. The van der Waals surface area contributed by atoms with Gasteiger partial charge in [-0.3, -0.25) is 9.48 Å². The van der Waals surface area contributed by atoms with Crippen LogP contribution in [0.1, 0.15) is 40.5 Å². The van der Waals surface area contributed by atoms with Gasteiger partial charge in [-0.1, -0.05) is 0 Å². The van der Waals surface area contributed by atoms with Gasteiger partial charge in [0, 0.05) is 42.4 Å². The first-order valence-electron chi connectivity index (χ1n) is 9.34. The molecule has 7 heteroatoms. The number of pyridine rings is 1. The van der Waals surface area contributed by atoms with Crippen LogP contribution in [0.15, 0.2) is 49.1 Å². The van der Waals surface area contributed by atoms with Crippen LogP contribution in [0.2, 0.25) is 0 Å². The molecule has 1 aliphatic carbocycles. The van der Waals surface area contributed by atoms with Crippen LogP contribution < -0.4 is 5.32 Å². The van der Waals surface area contributed by atoms with Gasteiger partial charge in [-0.15, -0.1) is 0 Å². The third-order valence-electron chi connectivity index (χ3n) is 5.16. The summed E-state index contributed by atoms with van der Waals surface area (Å²) in [6.45, 7) is 1.91.